The van der Waals surface area contributed by atoms with Gasteiger partial charge in [-0.1, -0.05) is 12.1 Å². The third-order valence-electron chi connectivity index (χ3n) is 2.17. The van der Waals surface area contributed by atoms with Crippen LogP contribution in [0.25, 0.3) is 11.5 Å². The third-order valence-corrected chi connectivity index (χ3v) is 2.17. The van der Waals surface area contributed by atoms with Crippen LogP contribution in [0.1, 0.15) is 18.7 Å². The first-order chi connectivity index (χ1) is 7.70. The number of pyridine rings is 1. The van der Waals surface area contributed by atoms with E-state index in [2.05, 4.69) is 15.1 Å². The molecular formula is C10H11FN4O. The molecule has 84 valence electrons. The molecule has 2 aromatic heterocycles. The Morgan fingerprint density at radius 1 is 1.50 bits per heavy atom. The zero-order valence-electron chi connectivity index (χ0n) is 8.72. The van der Waals surface area contributed by atoms with Gasteiger partial charge in [0.05, 0.1) is 6.20 Å². The molecule has 0 aromatic carbocycles. The predicted octanol–water partition coefficient (Wildman–Crippen LogP) is 1.33. The molecule has 2 rings (SSSR count). The van der Waals surface area contributed by atoms with Crippen molar-refractivity contribution in [2.24, 2.45) is 5.73 Å². The molecule has 0 saturated heterocycles. The molecule has 0 aliphatic heterocycles. The lowest BCUT2D eigenvalue weighted by Gasteiger charge is -1.98. The van der Waals surface area contributed by atoms with Crippen molar-refractivity contribution in [3.05, 3.63) is 30.0 Å². The van der Waals surface area contributed by atoms with E-state index in [1.807, 2.05) is 6.92 Å². The minimum Gasteiger partial charge on any atom is -0.339 e. The Bertz CT molecular complexity index is 468. The van der Waals surface area contributed by atoms with Gasteiger partial charge in [0.2, 0.25) is 11.7 Å². The summed E-state index contributed by atoms with van der Waals surface area (Å²) in [5, 5.41) is 3.76. The highest BCUT2D eigenvalue weighted by Crippen LogP contribution is 2.17. The summed E-state index contributed by atoms with van der Waals surface area (Å²) in [4.78, 5) is 7.99. The molecule has 0 spiro atoms. The second-order valence-electron chi connectivity index (χ2n) is 3.45. The van der Waals surface area contributed by atoms with Gasteiger partial charge in [-0.05, 0) is 12.1 Å². The van der Waals surface area contributed by atoms with Gasteiger partial charge in [-0.2, -0.15) is 4.98 Å². The van der Waals surface area contributed by atoms with Gasteiger partial charge in [0.15, 0.2) is 0 Å². The molecule has 1 atom stereocenters. The van der Waals surface area contributed by atoms with E-state index in [-0.39, 0.29) is 5.92 Å². The van der Waals surface area contributed by atoms with Gasteiger partial charge >= 0.3 is 0 Å². The Labute approximate surface area is 91.5 Å². The summed E-state index contributed by atoms with van der Waals surface area (Å²) in [6.07, 6.45) is 1.11. The average molecular weight is 222 g/mol. The molecule has 0 aliphatic rings. The van der Waals surface area contributed by atoms with E-state index >= 15 is 0 Å². The van der Waals surface area contributed by atoms with Crippen molar-refractivity contribution < 1.29 is 8.91 Å². The molecule has 6 heteroatoms. The van der Waals surface area contributed by atoms with Crippen LogP contribution in [0.4, 0.5) is 4.39 Å². The highest BCUT2D eigenvalue weighted by molar-refractivity contribution is 5.47. The average Bonchev–Trinajstić information content (AvgIpc) is 2.78. The third kappa shape index (κ3) is 2.06. The molecule has 2 aromatic rings. The second-order valence-corrected chi connectivity index (χ2v) is 3.45. The Morgan fingerprint density at radius 3 is 2.94 bits per heavy atom. The van der Waals surface area contributed by atoms with Crippen LogP contribution in [0.3, 0.4) is 0 Å². The predicted molar refractivity (Wildman–Crippen MR) is 55.0 cm³/mol. The molecule has 2 N–H and O–H groups in total. The normalized spacial score (nSPS) is 12.7. The van der Waals surface area contributed by atoms with Crippen molar-refractivity contribution in [3.8, 4) is 11.5 Å². The Kier molecular flexibility index (Phi) is 2.91. The van der Waals surface area contributed by atoms with Crippen molar-refractivity contribution in [2.75, 3.05) is 6.54 Å². The fraction of sp³-hybridized carbons (Fsp3) is 0.300. The number of aromatic nitrogens is 3. The van der Waals surface area contributed by atoms with Gasteiger partial charge in [-0.3, -0.25) is 0 Å². The number of hydrogen-bond donors (Lipinski definition) is 1. The van der Waals surface area contributed by atoms with Crippen LogP contribution in [-0.2, 0) is 0 Å². The quantitative estimate of drug-likeness (QED) is 0.847. The van der Waals surface area contributed by atoms with E-state index in [9.17, 15) is 4.39 Å². The lowest BCUT2D eigenvalue weighted by atomic mass is 10.2. The number of nitrogens with two attached hydrogens (primary N) is 1. The SMILES string of the molecule is CC(CN)c1nc(-c2ccc(F)cn2)no1. The fourth-order valence-corrected chi connectivity index (χ4v) is 1.15. The summed E-state index contributed by atoms with van der Waals surface area (Å²) >= 11 is 0. The zero-order valence-corrected chi connectivity index (χ0v) is 8.72. The van der Waals surface area contributed by atoms with Gasteiger partial charge in [0.25, 0.3) is 0 Å². The lowest BCUT2D eigenvalue weighted by Crippen LogP contribution is -2.08. The van der Waals surface area contributed by atoms with Gasteiger partial charge in [-0.15, -0.1) is 0 Å². The molecule has 0 bridgehead atoms. The van der Waals surface area contributed by atoms with E-state index in [0.29, 0.717) is 24.0 Å². The Hall–Kier alpha value is -1.82. The van der Waals surface area contributed by atoms with Crippen LogP contribution in [0, 0.1) is 5.82 Å². The molecule has 0 amide bonds. The topological polar surface area (TPSA) is 77.8 Å². The maximum Gasteiger partial charge on any atom is 0.231 e. The molecule has 0 saturated carbocycles. The molecule has 2 heterocycles. The minimum absolute atomic E-state index is 0.00157. The number of rotatable bonds is 3. The van der Waals surface area contributed by atoms with Crippen LogP contribution in [0.2, 0.25) is 0 Å². The number of halogens is 1. The lowest BCUT2D eigenvalue weighted by molar-refractivity contribution is 0.361. The molecule has 1 unspecified atom stereocenters. The molecule has 0 radical (unpaired) electrons. The maximum atomic E-state index is 12.6. The fourth-order valence-electron chi connectivity index (χ4n) is 1.15. The van der Waals surface area contributed by atoms with E-state index in [0.717, 1.165) is 6.20 Å². The highest BCUT2D eigenvalue weighted by atomic mass is 19.1. The van der Waals surface area contributed by atoms with E-state index < -0.39 is 5.82 Å². The first-order valence-corrected chi connectivity index (χ1v) is 4.86. The van der Waals surface area contributed by atoms with Crippen molar-refractivity contribution in [2.45, 2.75) is 12.8 Å². The van der Waals surface area contributed by atoms with Crippen molar-refractivity contribution in [1.29, 1.82) is 0 Å². The number of nitrogens with zero attached hydrogens (tertiary/aromatic N) is 3. The molecule has 0 aliphatic carbocycles. The minimum atomic E-state index is -0.400. The Balaban J connectivity index is 2.28. The van der Waals surface area contributed by atoms with Crippen molar-refractivity contribution in [1.82, 2.24) is 15.1 Å². The zero-order chi connectivity index (χ0) is 11.5. The number of hydrogen-bond acceptors (Lipinski definition) is 5. The summed E-state index contributed by atoms with van der Waals surface area (Å²) in [6.45, 7) is 2.31. The highest BCUT2D eigenvalue weighted by Gasteiger charge is 2.14. The monoisotopic (exact) mass is 222 g/mol. The summed E-state index contributed by atoms with van der Waals surface area (Å²) in [5.41, 5.74) is 5.95. The first-order valence-electron chi connectivity index (χ1n) is 4.86. The van der Waals surface area contributed by atoms with Crippen molar-refractivity contribution >= 4 is 0 Å². The van der Waals surface area contributed by atoms with Gasteiger partial charge < -0.3 is 10.3 Å². The van der Waals surface area contributed by atoms with Gasteiger partial charge in [0, 0.05) is 12.5 Å². The summed E-state index contributed by atoms with van der Waals surface area (Å²) in [5.74, 6) is 0.406. The van der Waals surface area contributed by atoms with Gasteiger partial charge in [0.1, 0.15) is 11.5 Å². The molecule has 5 nitrogen and oxygen atoms in total. The van der Waals surface area contributed by atoms with Gasteiger partial charge in [-0.25, -0.2) is 9.37 Å². The summed E-state index contributed by atoms with van der Waals surface area (Å²) in [6, 6.07) is 2.79. The molecule has 0 fully saturated rings. The largest absolute Gasteiger partial charge is 0.339 e. The van der Waals surface area contributed by atoms with E-state index in [1.165, 1.54) is 12.1 Å². The maximum absolute atomic E-state index is 12.6. The van der Waals surface area contributed by atoms with Crippen LogP contribution < -0.4 is 5.73 Å². The van der Waals surface area contributed by atoms with E-state index in [1.54, 1.807) is 0 Å². The summed E-state index contributed by atoms with van der Waals surface area (Å²) < 4.78 is 17.7. The van der Waals surface area contributed by atoms with Crippen LogP contribution >= 0.6 is 0 Å². The molecule has 16 heavy (non-hydrogen) atoms. The summed E-state index contributed by atoms with van der Waals surface area (Å²) in [7, 11) is 0. The Morgan fingerprint density at radius 2 is 2.31 bits per heavy atom. The van der Waals surface area contributed by atoms with Crippen LogP contribution in [0.5, 0.6) is 0 Å². The van der Waals surface area contributed by atoms with Crippen LogP contribution in [0.15, 0.2) is 22.9 Å². The van der Waals surface area contributed by atoms with Crippen LogP contribution in [-0.4, -0.2) is 21.7 Å². The smallest absolute Gasteiger partial charge is 0.231 e. The second kappa shape index (κ2) is 4.36. The van der Waals surface area contributed by atoms with E-state index in [4.69, 9.17) is 10.3 Å². The van der Waals surface area contributed by atoms with Crippen molar-refractivity contribution in [3.63, 3.8) is 0 Å². The first kappa shape index (κ1) is 10.7. The standard InChI is InChI=1S/C10H11FN4O/c1-6(4-12)10-14-9(15-16-10)8-3-2-7(11)5-13-8/h2-3,5-6H,4,12H2,1H3. The molecular weight excluding hydrogens is 211 g/mol.